The summed E-state index contributed by atoms with van der Waals surface area (Å²) < 4.78 is 0. The smallest absolute Gasteiger partial charge is 0.303 e. The van der Waals surface area contributed by atoms with Crippen molar-refractivity contribution < 1.29 is 19.8 Å². The second-order valence-electron chi connectivity index (χ2n) is 1.86. The fourth-order valence-electron chi connectivity index (χ4n) is 0.391. The normalized spacial score (nSPS) is 7.33. The van der Waals surface area contributed by atoms with Gasteiger partial charge in [0.15, 0.2) is 0 Å². The Bertz CT molecular complexity index is 168. The number of nitriles is 1. The third kappa shape index (κ3) is 23.7. The van der Waals surface area contributed by atoms with E-state index in [1.807, 2.05) is 0 Å². The Morgan fingerprint density at radius 3 is 1.67 bits per heavy atom. The van der Waals surface area contributed by atoms with Crippen LogP contribution in [0.25, 0.3) is 0 Å². The molecule has 5 nitrogen and oxygen atoms in total. The average molecular weight is 173 g/mol. The highest BCUT2D eigenvalue weighted by Crippen LogP contribution is 1.93. The van der Waals surface area contributed by atoms with E-state index >= 15 is 0 Å². The van der Waals surface area contributed by atoms with E-state index < -0.39 is 11.9 Å². The van der Waals surface area contributed by atoms with Gasteiger partial charge in [-0.3, -0.25) is 9.59 Å². The maximum atomic E-state index is 9.79. The molecule has 0 saturated heterocycles. The molecule has 2 N–H and O–H groups in total. The van der Waals surface area contributed by atoms with Gasteiger partial charge < -0.3 is 10.2 Å². The Morgan fingerprint density at radius 2 is 1.50 bits per heavy atom. The first-order chi connectivity index (χ1) is 5.54. The first-order valence-corrected chi connectivity index (χ1v) is 3.29. The third-order valence-electron chi connectivity index (χ3n) is 0.781. The van der Waals surface area contributed by atoms with Crippen molar-refractivity contribution in [1.29, 1.82) is 5.26 Å². The standard InChI is InChI=1S/C5H8O4.C2H3N/c6-4(7)2-1-3-5(8)9;1-2-3/h1-3H2,(H,6,7)(H,8,9);1H3. The molecule has 0 fully saturated rings. The van der Waals surface area contributed by atoms with Gasteiger partial charge in [-0.15, -0.1) is 0 Å². The summed E-state index contributed by atoms with van der Waals surface area (Å²) in [7, 11) is 0. The van der Waals surface area contributed by atoms with Gasteiger partial charge in [0.05, 0.1) is 6.07 Å². The molecule has 5 heteroatoms. The fraction of sp³-hybridized carbons (Fsp3) is 0.571. The number of carboxylic acid groups (broad SMARTS) is 2. The first-order valence-electron chi connectivity index (χ1n) is 3.29. The monoisotopic (exact) mass is 173 g/mol. The van der Waals surface area contributed by atoms with Crippen molar-refractivity contribution in [3.8, 4) is 6.07 Å². The van der Waals surface area contributed by atoms with Gasteiger partial charge in [0.2, 0.25) is 0 Å². The lowest BCUT2D eigenvalue weighted by Gasteiger charge is -1.89. The van der Waals surface area contributed by atoms with Gasteiger partial charge >= 0.3 is 11.9 Å². The van der Waals surface area contributed by atoms with Crippen LogP contribution in [0.5, 0.6) is 0 Å². The minimum atomic E-state index is -0.948. The quantitative estimate of drug-likeness (QED) is 0.656. The van der Waals surface area contributed by atoms with Gasteiger partial charge in [0, 0.05) is 19.8 Å². The van der Waals surface area contributed by atoms with E-state index in [1.165, 1.54) is 6.92 Å². The van der Waals surface area contributed by atoms with Crippen molar-refractivity contribution >= 4 is 11.9 Å². The van der Waals surface area contributed by atoms with E-state index in [0.29, 0.717) is 0 Å². The summed E-state index contributed by atoms with van der Waals surface area (Å²) in [6.45, 7) is 1.43. The molecule has 0 heterocycles. The van der Waals surface area contributed by atoms with Gasteiger partial charge in [-0.2, -0.15) is 5.26 Å². The molecule has 0 unspecified atom stereocenters. The predicted octanol–water partition coefficient (Wildman–Crippen LogP) is 0.856. The van der Waals surface area contributed by atoms with Gasteiger partial charge in [0.1, 0.15) is 0 Å². The first kappa shape index (κ1) is 13.1. The van der Waals surface area contributed by atoms with Crippen LogP contribution in [-0.4, -0.2) is 22.2 Å². The lowest BCUT2D eigenvalue weighted by Crippen LogP contribution is -1.98. The fourth-order valence-corrected chi connectivity index (χ4v) is 0.391. The lowest BCUT2D eigenvalue weighted by molar-refractivity contribution is -0.138. The van der Waals surface area contributed by atoms with Crippen LogP contribution in [-0.2, 0) is 9.59 Å². The number of rotatable bonds is 4. The molecule has 0 rings (SSSR count). The van der Waals surface area contributed by atoms with E-state index in [1.54, 1.807) is 6.07 Å². The van der Waals surface area contributed by atoms with Crippen LogP contribution < -0.4 is 0 Å². The van der Waals surface area contributed by atoms with Crippen LogP contribution in [0, 0.1) is 11.3 Å². The zero-order valence-corrected chi connectivity index (χ0v) is 6.78. The molecule has 0 amide bonds. The lowest BCUT2D eigenvalue weighted by atomic mass is 10.2. The Labute approximate surface area is 70.2 Å². The van der Waals surface area contributed by atoms with Gasteiger partial charge in [-0.05, 0) is 6.42 Å². The third-order valence-corrected chi connectivity index (χ3v) is 0.781. The minimum absolute atomic E-state index is 0.0632. The van der Waals surface area contributed by atoms with Crippen LogP contribution in [0.3, 0.4) is 0 Å². The van der Waals surface area contributed by atoms with Crippen molar-refractivity contribution in [3.63, 3.8) is 0 Å². The molecule has 0 aliphatic heterocycles. The molecule has 68 valence electrons. The number of carboxylic acids is 2. The molecule has 0 saturated carbocycles. The van der Waals surface area contributed by atoms with Gasteiger partial charge in [0.25, 0.3) is 0 Å². The summed E-state index contributed by atoms with van der Waals surface area (Å²) >= 11 is 0. The number of aliphatic carboxylic acids is 2. The van der Waals surface area contributed by atoms with Crippen molar-refractivity contribution in [2.45, 2.75) is 26.2 Å². The van der Waals surface area contributed by atoms with Crippen molar-refractivity contribution in [1.82, 2.24) is 0 Å². The summed E-state index contributed by atoms with van der Waals surface area (Å²) in [4.78, 5) is 19.6. The largest absolute Gasteiger partial charge is 0.481 e. The highest BCUT2D eigenvalue weighted by molar-refractivity contribution is 5.69. The van der Waals surface area contributed by atoms with Crippen LogP contribution in [0.2, 0.25) is 0 Å². The van der Waals surface area contributed by atoms with E-state index in [9.17, 15) is 9.59 Å². The summed E-state index contributed by atoms with van der Waals surface area (Å²) in [5.41, 5.74) is 0. The molecule has 0 aromatic heterocycles. The van der Waals surface area contributed by atoms with Gasteiger partial charge in [-0.1, -0.05) is 0 Å². The van der Waals surface area contributed by atoms with Crippen LogP contribution in [0.1, 0.15) is 26.2 Å². The molecule has 0 aliphatic carbocycles. The zero-order chi connectivity index (χ0) is 9.98. The highest BCUT2D eigenvalue weighted by atomic mass is 16.4. The zero-order valence-electron chi connectivity index (χ0n) is 6.78. The molecule has 0 atom stereocenters. The number of hydrogen-bond acceptors (Lipinski definition) is 3. The van der Waals surface area contributed by atoms with Crippen molar-refractivity contribution in [2.75, 3.05) is 0 Å². The van der Waals surface area contributed by atoms with Crippen LogP contribution in [0.4, 0.5) is 0 Å². The van der Waals surface area contributed by atoms with Crippen LogP contribution >= 0.6 is 0 Å². The Hall–Kier alpha value is -1.57. The molecule has 12 heavy (non-hydrogen) atoms. The minimum Gasteiger partial charge on any atom is -0.481 e. The summed E-state index contributed by atoms with van der Waals surface area (Å²) in [6.07, 6.45) is 0.0866. The van der Waals surface area contributed by atoms with Crippen molar-refractivity contribution in [3.05, 3.63) is 0 Å². The van der Waals surface area contributed by atoms with E-state index in [0.717, 1.165) is 0 Å². The summed E-state index contributed by atoms with van der Waals surface area (Å²) in [5, 5.41) is 23.4. The summed E-state index contributed by atoms with van der Waals surface area (Å²) in [6, 6.07) is 1.75. The average Bonchev–Trinajstić information content (AvgIpc) is 1.87. The molecule has 0 bridgehead atoms. The number of carbonyl (C=O) groups is 2. The molecule has 0 aliphatic rings. The van der Waals surface area contributed by atoms with E-state index in [4.69, 9.17) is 15.5 Å². The Balaban J connectivity index is 0. The highest BCUT2D eigenvalue weighted by Gasteiger charge is 1.99. The molecule has 0 spiro atoms. The topological polar surface area (TPSA) is 98.4 Å². The van der Waals surface area contributed by atoms with Gasteiger partial charge in [-0.25, -0.2) is 0 Å². The van der Waals surface area contributed by atoms with E-state index in [2.05, 4.69) is 0 Å². The molecule has 0 aromatic carbocycles. The maximum absolute atomic E-state index is 9.79. The predicted molar refractivity (Wildman–Crippen MR) is 40.4 cm³/mol. The van der Waals surface area contributed by atoms with Crippen LogP contribution in [0.15, 0.2) is 0 Å². The Kier molecular flexibility index (Phi) is 10.3. The Morgan fingerprint density at radius 1 is 1.25 bits per heavy atom. The van der Waals surface area contributed by atoms with Crippen molar-refractivity contribution in [2.24, 2.45) is 0 Å². The van der Waals surface area contributed by atoms with E-state index in [-0.39, 0.29) is 19.3 Å². The second-order valence-corrected chi connectivity index (χ2v) is 1.86. The second kappa shape index (κ2) is 9.43. The molecular formula is C7H11NO4. The molecule has 0 radical (unpaired) electrons. The molecular weight excluding hydrogens is 162 g/mol. The SMILES string of the molecule is CC#N.O=C(O)CCCC(=O)O. The summed E-state index contributed by atoms with van der Waals surface area (Å²) in [5.74, 6) is -1.90. The number of hydrogen-bond donors (Lipinski definition) is 2. The maximum Gasteiger partial charge on any atom is 0.303 e. The molecule has 0 aromatic rings. The number of nitrogens with zero attached hydrogens (tertiary/aromatic N) is 1.